The fraction of sp³-hybridized carbons (Fsp3) is 0.909. The Morgan fingerprint density at radius 2 is 2.33 bits per heavy atom. The van der Waals surface area contributed by atoms with E-state index in [1.807, 2.05) is 13.8 Å². The normalized spacial score (nSPS) is 22.5. The van der Waals surface area contributed by atoms with Gasteiger partial charge in [0.25, 0.3) is 0 Å². The van der Waals surface area contributed by atoms with E-state index in [1.165, 1.54) is 20.0 Å². The van der Waals surface area contributed by atoms with Crippen LogP contribution in [0.25, 0.3) is 0 Å². The molecule has 1 heterocycles. The molecule has 0 radical (unpaired) electrons. The first-order chi connectivity index (χ1) is 7.06. The predicted molar refractivity (Wildman–Crippen MR) is 59.7 cm³/mol. The summed E-state index contributed by atoms with van der Waals surface area (Å²) in [4.78, 5) is 11.4. The maximum absolute atomic E-state index is 11.4. The van der Waals surface area contributed by atoms with Gasteiger partial charge >= 0.3 is 5.97 Å². The number of carbonyl (C=O) groups excluding carboxylic acids is 1. The molecule has 1 aliphatic rings. The zero-order chi connectivity index (χ0) is 11.3. The lowest BCUT2D eigenvalue weighted by Gasteiger charge is -2.28. The van der Waals surface area contributed by atoms with Gasteiger partial charge in [0.15, 0.2) is 0 Å². The van der Waals surface area contributed by atoms with Crippen LogP contribution in [0.5, 0.6) is 0 Å². The van der Waals surface area contributed by atoms with Gasteiger partial charge in [0.05, 0.1) is 7.11 Å². The highest BCUT2D eigenvalue weighted by Crippen LogP contribution is 2.11. The van der Waals surface area contributed by atoms with E-state index in [0.29, 0.717) is 5.92 Å². The van der Waals surface area contributed by atoms with E-state index in [0.717, 1.165) is 19.6 Å². The van der Waals surface area contributed by atoms with E-state index in [-0.39, 0.29) is 5.97 Å². The van der Waals surface area contributed by atoms with Crippen molar-refractivity contribution in [3.63, 3.8) is 0 Å². The zero-order valence-corrected chi connectivity index (χ0v) is 9.93. The third kappa shape index (κ3) is 3.80. The molecule has 0 aliphatic carbocycles. The molecule has 88 valence electrons. The summed E-state index contributed by atoms with van der Waals surface area (Å²) < 4.78 is 4.74. The number of carbonyl (C=O) groups is 1. The molecule has 2 N–H and O–H groups in total. The number of esters is 1. The lowest BCUT2D eigenvalue weighted by atomic mass is 9.97. The van der Waals surface area contributed by atoms with Crippen molar-refractivity contribution >= 4 is 5.97 Å². The minimum Gasteiger partial charge on any atom is -0.468 e. The van der Waals surface area contributed by atoms with Gasteiger partial charge in [-0.2, -0.15) is 0 Å². The second-order valence-corrected chi connectivity index (χ2v) is 4.71. The maximum Gasteiger partial charge on any atom is 0.325 e. The van der Waals surface area contributed by atoms with E-state index in [2.05, 4.69) is 10.6 Å². The van der Waals surface area contributed by atoms with Crippen LogP contribution in [0.15, 0.2) is 0 Å². The monoisotopic (exact) mass is 214 g/mol. The van der Waals surface area contributed by atoms with Crippen LogP contribution in [0.4, 0.5) is 0 Å². The number of hydrogen-bond donors (Lipinski definition) is 2. The van der Waals surface area contributed by atoms with Crippen LogP contribution >= 0.6 is 0 Å². The van der Waals surface area contributed by atoms with E-state index in [9.17, 15) is 4.79 Å². The topological polar surface area (TPSA) is 50.4 Å². The van der Waals surface area contributed by atoms with Gasteiger partial charge in [0.2, 0.25) is 0 Å². The molecule has 15 heavy (non-hydrogen) atoms. The molecular weight excluding hydrogens is 192 g/mol. The predicted octanol–water partition coefficient (Wildman–Crippen LogP) is 0.527. The Balaban J connectivity index is 2.31. The highest BCUT2D eigenvalue weighted by Gasteiger charge is 2.28. The molecule has 0 saturated carbocycles. The van der Waals surface area contributed by atoms with Crippen LogP contribution < -0.4 is 10.6 Å². The summed E-state index contributed by atoms with van der Waals surface area (Å²) in [5, 5.41) is 6.62. The Bertz CT molecular complexity index is 211. The Morgan fingerprint density at radius 1 is 1.60 bits per heavy atom. The molecule has 0 aromatic heterocycles. The van der Waals surface area contributed by atoms with E-state index < -0.39 is 5.54 Å². The Labute approximate surface area is 91.8 Å². The average molecular weight is 214 g/mol. The molecule has 1 saturated heterocycles. The summed E-state index contributed by atoms with van der Waals surface area (Å²) in [5.74, 6) is 0.425. The molecule has 0 spiro atoms. The van der Waals surface area contributed by atoms with Gasteiger partial charge in [0, 0.05) is 6.54 Å². The Morgan fingerprint density at radius 3 is 2.87 bits per heavy atom. The number of piperidine rings is 1. The van der Waals surface area contributed by atoms with E-state index in [4.69, 9.17) is 4.74 Å². The van der Waals surface area contributed by atoms with Gasteiger partial charge in [0.1, 0.15) is 5.54 Å². The quantitative estimate of drug-likeness (QED) is 0.670. The smallest absolute Gasteiger partial charge is 0.325 e. The lowest BCUT2D eigenvalue weighted by Crippen LogP contribution is -2.50. The van der Waals surface area contributed by atoms with Gasteiger partial charge in [-0.3, -0.25) is 4.79 Å². The molecule has 1 atom stereocenters. The SMILES string of the molecule is COC(=O)C(C)(C)NCC1CCCNC1. The van der Waals surface area contributed by atoms with Crippen LogP contribution in [-0.4, -0.2) is 38.3 Å². The highest BCUT2D eigenvalue weighted by molar-refractivity contribution is 5.79. The number of ether oxygens (including phenoxy) is 1. The lowest BCUT2D eigenvalue weighted by molar-refractivity contribution is -0.147. The number of methoxy groups -OCH3 is 1. The van der Waals surface area contributed by atoms with Crippen molar-refractivity contribution in [3.05, 3.63) is 0 Å². The van der Waals surface area contributed by atoms with Crippen molar-refractivity contribution < 1.29 is 9.53 Å². The fourth-order valence-corrected chi connectivity index (χ4v) is 1.83. The van der Waals surface area contributed by atoms with Gasteiger partial charge in [-0.25, -0.2) is 0 Å². The molecule has 4 heteroatoms. The first kappa shape index (κ1) is 12.5. The average Bonchev–Trinajstić information content (AvgIpc) is 2.27. The Hall–Kier alpha value is -0.610. The van der Waals surface area contributed by atoms with Crippen LogP contribution in [-0.2, 0) is 9.53 Å². The van der Waals surface area contributed by atoms with Gasteiger partial charge < -0.3 is 15.4 Å². The standard InChI is InChI=1S/C11H22N2O2/c1-11(2,10(14)15-3)13-8-9-5-4-6-12-7-9/h9,12-13H,4-8H2,1-3H3. The van der Waals surface area contributed by atoms with Crippen LogP contribution in [0, 0.1) is 5.92 Å². The van der Waals surface area contributed by atoms with Crippen molar-refractivity contribution in [3.8, 4) is 0 Å². The maximum atomic E-state index is 11.4. The fourth-order valence-electron chi connectivity index (χ4n) is 1.83. The summed E-state index contributed by atoms with van der Waals surface area (Å²) in [6, 6.07) is 0. The molecule has 1 unspecified atom stereocenters. The molecule has 1 aliphatic heterocycles. The van der Waals surface area contributed by atoms with Crippen molar-refractivity contribution in [1.82, 2.24) is 10.6 Å². The molecule has 0 aromatic rings. The van der Waals surface area contributed by atoms with Gasteiger partial charge in [-0.15, -0.1) is 0 Å². The van der Waals surface area contributed by atoms with E-state index in [1.54, 1.807) is 0 Å². The zero-order valence-electron chi connectivity index (χ0n) is 9.93. The second kappa shape index (κ2) is 5.47. The summed E-state index contributed by atoms with van der Waals surface area (Å²) in [5.41, 5.74) is -0.577. The first-order valence-corrected chi connectivity index (χ1v) is 5.60. The first-order valence-electron chi connectivity index (χ1n) is 5.60. The minimum atomic E-state index is -0.577. The molecule has 0 bridgehead atoms. The van der Waals surface area contributed by atoms with E-state index >= 15 is 0 Å². The van der Waals surface area contributed by atoms with Crippen molar-refractivity contribution in [2.45, 2.75) is 32.2 Å². The molecular formula is C11H22N2O2. The summed E-state index contributed by atoms with van der Waals surface area (Å²) >= 11 is 0. The Kier molecular flexibility index (Phi) is 4.54. The number of hydrogen-bond acceptors (Lipinski definition) is 4. The summed E-state index contributed by atoms with van der Waals surface area (Å²) in [6.45, 7) is 6.75. The molecule has 1 rings (SSSR count). The summed E-state index contributed by atoms with van der Waals surface area (Å²) in [7, 11) is 1.42. The van der Waals surface area contributed by atoms with Crippen LogP contribution in [0.1, 0.15) is 26.7 Å². The molecule has 1 fully saturated rings. The largest absolute Gasteiger partial charge is 0.468 e. The van der Waals surface area contributed by atoms with Crippen molar-refractivity contribution in [2.24, 2.45) is 5.92 Å². The summed E-state index contributed by atoms with van der Waals surface area (Å²) in [6.07, 6.45) is 2.46. The van der Waals surface area contributed by atoms with Crippen molar-refractivity contribution in [2.75, 3.05) is 26.7 Å². The third-order valence-corrected chi connectivity index (χ3v) is 2.93. The molecule has 4 nitrogen and oxygen atoms in total. The highest BCUT2D eigenvalue weighted by atomic mass is 16.5. The third-order valence-electron chi connectivity index (χ3n) is 2.93. The molecule has 0 amide bonds. The van der Waals surface area contributed by atoms with Crippen LogP contribution in [0.2, 0.25) is 0 Å². The van der Waals surface area contributed by atoms with Crippen molar-refractivity contribution in [1.29, 1.82) is 0 Å². The minimum absolute atomic E-state index is 0.203. The second-order valence-electron chi connectivity index (χ2n) is 4.71. The molecule has 0 aromatic carbocycles. The van der Waals surface area contributed by atoms with Crippen LogP contribution in [0.3, 0.4) is 0 Å². The van der Waals surface area contributed by atoms with Gasteiger partial charge in [-0.1, -0.05) is 0 Å². The van der Waals surface area contributed by atoms with Gasteiger partial charge in [-0.05, 0) is 45.7 Å². The number of nitrogens with one attached hydrogen (secondary N) is 2. The number of rotatable bonds is 4.